The Morgan fingerprint density at radius 3 is 2.08 bits per heavy atom. The van der Waals surface area contributed by atoms with Crippen LogP contribution >= 0.6 is 15.9 Å². The van der Waals surface area contributed by atoms with E-state index in [1.54, 1.807) is 38.7 Å². The third-order valence-electron chi connectivity index (χ3n) is 4.46. The zero-order valence-corrected chi connectivity index (χ0v) is 16.6. The van der Waals surface area contributed by atoms with E-state index in [4.69, 9.17) is 9.47 Å². The molecule has 1 aliphatic rings. The van der Waals surface area contributed by atoms with Crippen LogP contribution in [0.5, 0.6) is 11.5 Å². The lowest BCUT2D eigenvalue weighted by molar-refractivity contribution is 0.0745. The van der Waals surface area contributed by atoms with Crippen molar-refractivity contribution in [2.45, 2.75) is 6.92 Å². The van der Waals surface area contributed by atoms with E-state index in [0.29, 0.717) is 49.2 Å². The minimum Gasteiger partial charge on any atom is -0.496 e. The van der Waals surface area contributed by atoms with E-state index in [2.05, 4.69) is 30.8 Å². The van der Waals surface area contributed by atoms with Gasteiger partial charge in [-0.3, -0.25) is 4.79 Å². The fourth-order valence-electron chi connectivity index (χ4n) is 2.97. The molecule has 1 aliphatic heterocycles. The van der Waals surface area contributed by atoms with Gasteiger partial charge in [-0.15, -0.1) is 0 Å². The first-order chi connectivity index (χ1) is 12.5. The molecule has 8 heteroatoms. The van der Waals surface area contributed by atoms with Gasteiger partial charge < -0.3 is 19.3 Å². The van der Waals surface area contributed by atoms with Crippen LogP contribution in [0.1, 0.15) is 15.9 Å². The summed E-state index contributed by atoms with van der Waals surface area (Å²) in [5.74, 6) is 1.95. The minimum absolute atomic E-state index is 0.0297. The maximum atomic E-state index is 12.9. The Morgan fingerprint density at radius 2 is 1.58 bits per heavy atom. The van der Waals surface area contributed by atoms with Crippen LogP contribution in [0.15, 0.2) is 29.0 Å². The van der Waals surface area contributed by atoms with Gasteiger partial charge in [0.15, 0.2) is 0 Å². The summed E-state index contributed by atoms with van der Waals surface area (Å²) >= 11 is 3.34. The van der Waals surface area contributed by atoms with Gasteiger partial charge in [-0.1, -0.05) is 0 Å². The third-order valence-corrected chi connectivity index (χ3v) is 4.87. The minimum atomic E-state index is -0.0297. The lowest BCUT2D eigenvalue weighted by Crippen LogP contribution is -2.49. The third kappa shape index (κ3) is 3.75. The van der Waals surface area contributed by atoms with Gasteiger partial charge in [0.1, 0.15) is 11.5 Å². The van der Waals surface area contributed by atoms with Gasteiger partial charge in [-0.25, -0.2) is 9.97 Å². The fraction of sp³-hybridized carbons (Fsp3) is 0.389. The molecule has 1 aromatic heterocycles. The summed E-state index contributed by atoms with van der Waals surface area (Å²) in [4.78, 5) is 25.4. The number of methoxy groups -OCH3 is 2. The van der Waals surface area contributed by atoms with Crippen molar-refractivity contribution in [1.82, 2.24) is 14.9 Å². The van der Waals surface area contributed by atoms with Crippen molar-refractivity contribution >= 4 is 27.8 Å². The number of hydrogen-bond acceptors (Lipinski definition) is 6. The monoisotopic (exact) mass is 420 g/mol. The van der Waals surface area contributed by atoms with Crippen LogP contribution in [-0.2, 0) is 0 Å². The Hall–Kier alpha value is -2.35. The number of halogens is 1. The standard InChI is InChI=1S/C18H21BrN4O3/c1-12-15(25-2)8-13(9-16(12)26-3)17(24)22-4-6-23(7-5-22)18-20-10-14(19)11-21-18/h8-11H,4-7H2,1-3H3. The Bertz CT molecular complexity index is 765. The van der Waals surface area contributed by atoms with Gasteiger partial charge in [0, 0.05) is 49.7 Å². The van der Waals surface area contributed by atoms with Crippen molar-refractivity contribution in [2.75, 3.05) is 45.3 Å². The maximum absolute atomic E-state index is 12.9. The van der Waals surface area contributed by atoms with Crippen molar-refractivity contribution in [1.29, 1.82) is 0 Å². The quantitative estimate of drug-likeness (QED) is 0.756. The maximum Gasteiger partial charge on any atom is 0.254 e. The van der Waals surface area contributed by atoms with Crippen LogP contribution in [-0.4, -0.2) is 61.2 Å². The number of carbonyl (C=O) groups is 1. The van der Waals surface area contributed by atoms with Gasteiger partial charge in [-0.05, 0) is 35.0 Å². The van der Waals surface area contributed by atoms with Gasteiger partial charge in [0.25, 0.3) is 5.91 Å². The SMILES string of the molecule is COc1cc(C(=O)N2CCN(c3ncc(Br)cn3)CC2)cc(OC)c1C. The molecule has 7 nitrogen and oxygen atoms in total. The summed E-state index contributed by atoms with van der Waals surface area (Å²) in [7, 11) is 3.18. The Kier molecular flexibility index (Phi) is 5.61. The average Bonchev–Trinajstić information content (AvgIpc) is 2.68. The summed E-state index contributed by atoms with van der Waals surface area (Å²) in [5.41, 5.74) is 1.45. The normalized spacial score (nSPS) is 14.3. The van der Waals surface area contributed by atoms with Gasteiger partial charge in [0.2, 0.25) is 5.95 Å². The lowest BCUT2D eigenvalue weighted by Gasteiger charge is -2.34. The highest BCUT2D eigenvalue weighted by atomic mass is 79.9. The van der Waals surface area contributed by atoms with Crippen LogP contribution in [0.2, 0.25) is 0 Å². The van der Waals surface area contributed by atoms with Crippen molar-refractivity contribution in [3.05, 3.63) is 40.1 Å². The molecule has 0 bridgehead atoms. The van der Waals surface area contributed by atoms with E-state index in [-0.39, 0.29) is 5.91 Å². The molecule has 26 heavy (non-hydrogen) atoms. The molecule has 0 N–H and O–H groups in total. The molecule has 0 saturated carbocycles. The predicted octanol–water partition coefficient (Wildman–Crippen LogP) is 2.53. The average molecular weight is 421 g/mol. The van der Waals surface area contributed by atoms with Crippen molar-refractivity contribution < 1.29 is 14.3 Å². The van der Waals surface area contributed by atoms with E-state index in [0.717, 1.165) is 10.0 Å². The van der Waals surface area contributed by atoms with Crippen LogP contribution in [0, 0.1) is 6.92 Å². The second-order valence-corrected chi connectivity index (χ2v) is 6.90. The van der Waals surface area contributed by atoms with E-state index < -0.39 is 0 Å². The number of piperazine rings is 1. The number of nitrogens with zero attached hydrogens (tertiary/aromatic N) is 4. The molecule has 1 saturated heterocycles. The first kappa shape index (κ1) is 18.4. The van der Waals surface area contributed by atoms with E-state index >= 15 is 0 Å². The number of anilines is 1. The number of aromatic nitrogens is 2. The largest absolute Gasteiger partial charge is 0.496 e. The molecule has 3 rings (SSSR count). The number of benzene rings is 1. The van der Waals surface area contributed by atoms with Gasteiger partial charge in [-0.2, -0.15) is 0 Å². The number of rotatable bonds is 4. The summed E-state index contributed by atoms with van der Waals surface area (Å²) in [5, 5.41) is 0. The first-order valence-corrected chi connectivity index (χ1v) is 9.07. The highest BCUT2D eigenvalue weighted by molar-refractivity contribution is 9.10. The number of carbonyl (C=O) groups excluding carboxylic acids is 1. The van der Waals surface area contributed by atoms with E-state index in [9.17, 15) is 4.79 Å². The fourth-order valence-corrected chi connectivity index (χ4v) is 3.18. The highest BCUT2D eigenvalue weighted by Crippen LogP contribution is 2.30. The molecule has 0 aliphatic carbocycles. The molecule has 1 fully saturated rings. The van der Waals surface area contributed by atoms with Crippen LogP contribution in [0.3, 0.4) is 0 Å². The summed E-state index contributed by atoms with van der Waals surface area (Å²) < 4.78 is 11.6. The molecule has 138 valence electrons. The molecular formula is C18H21BrN4O3. The van der Waals surface area contributed by atoms with Crippen molar-refractivity contribution in [3.8, 4) is 11.5 Å². The Morgan fingerprint density at radius 1 is 1.04 bits per heavy atom. The molecule has 1 aromatic carbocycles. The van der Waals surface area contributed by atoms with Crippen molar-refractivity contribution in [2.24, 2.45) is 0 Å². The molecular weight excluding hydrogens is 400 g/mol. The lowest BCUT2D eigenvalue weighted by atomic mass is 10.1. The molecule has 0 radical (unpaired) electrons. The van der Waals surface area contributed by atoms with E-state index in [1.807, 2.05) is 11.8 Å². The van der Waals surface area contributed by atoms with E-state index in [1.165, 1.54) is 0 Å². The highest BCUT2D eigenvalue weighted by Gasteiger charge is 2.24. The second-order valence-electron chi connectivity index (χ2n) is 5.99. The summed E-state index contributed by atoms with van der Waals surface area (Å²) in [6.45, 7) is 4.50. The van der Waals surface area contributed by atoms with Crippen molar-refractivity contribution in [3.63, 3.8) is 0 Å². The first-order valence-electron chi connectivity index (χ1n) is 8.28. The molecule has 0 spiro atoms. The second kappa shape index (κ2) is 7.90. The van der Waals surface area contributed by atoms with Crippen LogP contribution in [0.4, 0.5) is 5.95 Å². The Labute approximate surface area is 161 Å². The molecule has 0 unspecified atom stereocenters. The van der Waals surface area contributed by atoms with Crippen LogP contribution < -0.4 is 14.4 Å². The molecule has 2 aromatic rings. The van der Waals surface area contributed by atoms with Crippen LogP contribution in [0.25, 0.3) is 0 Å². The molecule has 0 atom stereocenters. The topological polar surface area (TPSA) is 67.8 Å². The number of amides is 1. The zero-order chi connectivity index (χ0) is 18.7. The Balaban J connectivity index is 1.71. The summed E-state index contributed by atoms with van der Waals surface area (Å²) in [6, 6.07) is 3.54. The van der Waals surface area contributed by atoms with Gasteiger partial charge >= 0.3 is 0 Å². The zero-order valence-electron chi connectivity index (χ0n) is 15.0. The smallest absolute Gasteiger partial charge is 0.254 e. The van der Waals surface area contributed by atoms with Gasteiger partial charge in [0.05, 0.1) is 18.7 Å². The molecule has 2 heterocycles. The summed E-state index contributed by atoms with van der Waals surface area (Å²) in [6.07, 6.45) is 3.45. The number of ether oxygens (including phenoxy) is 2. The molecule has 1 amide bonds. The number of hydrogen-bond donors (Lipinski definition) is 0. The predicted molar refractivity (Wildman–Crippen MR) is 102 cm³/mol.